The van der Waals surface area contributed by atoms with E-state index in [9.17, 15) is 4.79 Å². The molecule has 0 aliphatic rings. The predicted octanol–water partition coefficient (Wildman–Crippen LogP) is 4.82. The van der Waals surface area contributed by atoms with Gasteiger partial charge in [0.15, 0.2) is 0 Å². The fourth-order valence-corrected chi connectivity index (χ4v) is 3.84. The van der Waals surface area contributed by atoms with Crippen molar-refractivity contribution >= 4 is 33.0 Å². The van der Waals surface area contributed by atoms with Gasteiger partial charge >= 0.3 is 0 Å². The van der Waals surface area contributed by atoms with E-state index in [2.05, 4.69) is 62.6 Å². The molecule has 0 N–H and O–H groups in total. The number of halogens is 1. The zero-order valence-corrected chi connectivity index (χ0v) is 18.1. The number of nitrogens with zero attached hydrogens (tertiary/aromatic N) is 4. The molecule has 6 heteroatoms. The van der Waals surface area contributed by atoms with Crippen LogP contribution in [0, 0.1) is 20.8 Å². The first-order chi connectivity index (χ1) is 13.9. The molecular weight excluding hydrogens is 428 g/mol. The van der Waals surface area contributed by atoms with Gasteiger partial charge in [-0.15, -0.1) is 0 Å². The molecule has 2 aromatic heterocycles. The van der Waals surface area contributed by atoms with Gasteiger partial charge in [0.05, 0.1) is 17.1 Å². The molecule has 2 heterocycles. The first-order valence-corrected chi connectivity index (χ1v) is 10.2. The van der Waals surface area contributed by atoms with Crippen LogP contribution >= 0.6 is 15.9 Å². The molecule has 146 valence electrons. The van der Waals surface area contributed by atoms with Crippen LogP contribution in [-0.2, 0) is 6.54 Å². The molecule has 0 bridgehead atoms. The Morgan fingerprint density at radius 2 is 1.83 bits per heavy atom. The summed E-state index contributed by atoms with van der Waals surface area (Å²) < 4.78 is 4.45. The number of benzene rings is 2. The van der Waals surface area contributed by atoms with E-state index in [0.29, 0.717) is 16.7 Å². The van der Waals surface area contributed by atoms with Gasteiger partial charge in [-0.3, -0.25) is 4.79 Å². The van der Waals surface area contributed by atoms with Crippen molar-refractivity contribution in [1.29, 1.82) is 0 Å². The molecule has 0 aliphatic heterocycles. The average molecular weight is 449 g/mol. The van der Waals surface area contributed by atoms with Crippen molar-refractivity contribution in [3.8, 4) is 0 Å². The van der Waals surface area contributed by atoms with Gasteiger partial charge in [0, 0.05) is 28.0 Å². The first-order valence-electron chi connectivity index (χ1n) is 9.38. The summed E-state index contributed by atoms with van der Waals surface area (Å²) in [5.74, 6) is 0.555. The first kappa shape index (κ1) is 19.3. The molecule has 5 nitrogen and oxygen atoms in total. The Balaban J connectivity index is 1.72. The second-order valence-electron chi connectivity index (χ2n) is 7.08. The Hall–Kier alpha value is -2.99. The summed E-state index contributed by atoms with van der Waals surface area (Å²) >= 11 is 3.42. The lowest BCUT2D eigenvalue weighted by Crippen LogP contribution is -2.20. The largest absolute Gasteiger partial charge is 0.344 e. The lowest BCUT2D eigenvalue weighted by Gasteiger charge is -2.09. The molecule has 0 radical (unpaired) electrons. The summed E-state index contributed by atoms with van der Waals surface area (Å²) in [4.78, 5) is 17.4. The molecule has 4 aromatic rings. The van der Waals surface area contributed by atoms with Crippen LogP contribution < -0.4 is 5.56 Å². The highest BCUT2D eigenvalue weighted by Crippen LogP contribution is 2.17. The van der Waals surface area contributed by atoms with E-state index in [0.717, 1.165) is 28.0 Å². The van der Waals surface area contributed by atoms with E-state index in [1.54, 1.807) is 19.2 Å². The van der Waals surface area contributed by atoms with E-state index in [1.165, 1.54) is 10.2 Å². The molecule has 0 saturated heterocycles. The van der Waals surface area contributed by atoms with Crippen molar-refractivity contribution in [1.82, 2.24) is 14.2 Å². The molecule has 0 saturated carbocycles. The van der Waals surface area contributed by atoms with Crippen LogP contribution in [0.25, 0.3) is 10.9 Å². The third-order valence-electron chi connectivity index (χ3n) is 5.08. The molecule has 0 atom stereocenters. The van der Waals surface area contributed by atoms with Crippen LogP contribution in [0.1, 0.15) is 28.3 Å². The minimum Gasteiger partial charge on any atom is -0.344 e. The maximum atomic E-state index is 12.9. The second-order valence-corrected chi connectivity index (χ2v) is 8.00. The monoisotopic (exact) mass is 448 g/mol. The van der Waals surface area contributed by atoms with Crippen molar-refractivity contribution in [2.75, 3.05) is 0 Å². The number of rotatable bonds is 4. The van der Waals surface area contributed by atoms with Gasteiger partial charge in [-0.25, -0.2) is 4.98 Å². The van der Waals surface area contributed by atoms with Crippen molar-refractivity contribution in [2.24, 2.45) is 5.10 Å². The average Bonchev–Trinajstić information content (AvgIpc) is 2.97. The molecule has 0 aliphatic carbocycles. The van der Waals surface area contributed by atoms with Crippen LogP contribution in [0.2, 0.25) is 0 Å². The van der Waals surface area contributed by atoms with Crippen molar-refractivity contribution in [3.63, 3.8) is 0 Å². The minimum absolute atomic E-state index is 0.178. The topological polar surface area (TPSA) is 52.2 Å². The molecule has 0 spiro atoms. The molecule has 29 heavy (non-hydrogen) atoms. The zero-order chi connectivity index (χ0) is 20.5. The van der Waals surface area contributed by atoms with Crippen molar-refractivity contribution in [2.45, 2.75) is 27.3 Å². The van der Waals surface area contributed by atoms with E-state index in [-0.39, 0.29) is 5.56 Å². The summed E-state index contributed by atoms with van der Waals surface area (Å²) in [6.45, 7) is 6.75. The molecule has 0 amide bonds. The van der Waals surface area contributed by atoms with Gasteiger partial charge in [0.1, 0.15) is 5.82 Å². The maximum Gasteiger partial charge on any atom is 0.282 e. The van der Waals surface area contributed by atoms with E-state index >= 15 is 0 Å². The number of hydrogen-bond donors (Lipinski definition) is 0. The van der Waals surface area contributed by atoms with Gasteiger partial charge < -0.3 is 4.57 Å². The fourth-order valence-electron chi connectivity index (χ4n) is 3.48. The van der Waals surface area contributed by atoms with Crippen LogP contribution in [0.5, 0.6) is 0 Å². The molecule has 0 fully saturated rings. The van der Waals surface area contributed by atoms with Crippen LogP contribution in [0.4, 0.5) is 0 Å². The Bertz CT molecular complexity index is 1290. The van der Waals surface area contributed by atoms with Crippen LogP contribution in [-0.4, -0.2) is 20.4 Å². The van der Waals surface area contributed by atoms with Gasteiger partial charge in [-0.05, 0) is 50.6 Å². The van der Waals surface area contributed by atoms with E-state index in [4.69, 9.17) is 0 Å². The molecule has 0 unspecified atom stereocenters. The second kappa shape index (κ2) is 7.79. The highest BCUT2D eigenvalue weighted by atomic mass is 79.9. The Morgan fingerprint density at radius 1 is 1.07 bits per heavy atom. The van der Waals surface area contributed by atoms with Gasteiger partial charge in [-0.2, -0.15) is 9.78 Å². The lowest BCUT2D eigenvalue weighted by atomic mass is 10.2. The standard InChI is InChI=1S/C23H21BrN4O/c1-15-11-19(16(2)27(15)14-18-7-5-4-6-8-18)13-25-28-17(3)26-22-10-9-20(24)12-21(22)23(28)29/h4-13H,14H2,1-3H3. The van der Waals surface area contributed by atoms with Crippen LogP contribution in [0.15, 0.2) is 69.0 Å². The lowest BCUT2D eigenvalue weighted by molar-refractivity contribution is 0.748. The summed E-state index contributed by atoms with van der Waals surface area (Å²) in [5.41, 5.74) is 4.98. The number of fused-ring (bicyclic) bond motifs is 1. The quantitative estimate of drug-likeness (QED) is 0.420. The predicted molar refractivity (Wildman–Crippen MR) is 121 cm³/mol. The summed E-state index contributed by atoms with van der Waals surface area (Å²) in [7, 11) is 0. The third-order valence-corrected chi connectivity index (χ3v) is 5.57. The Labute approximate surface area is 177 Å². The summed E-state index contributed by atoms with van der Waals surface area (Å²) in [5, 5.41) is 5.00. The molecule has 2 aromatic carbocycles. The van der Waals surface area contributed by atoms with Crippen molar-refractivity contribution in [3.05, 3.63) is 97.8 Å². The van der Waals surface area contributed by atoms with Gasteiger partial charge in [0.25, 0.3) is 5.56 Å². The summed E-state index contributed by atoms with van der Waals surface area (Å²) in [6, 6.07) is 17.9. The van der Waals surface area contributed by atoms with Crippen molar-refractivity contribution < 1.29 is 0 Å². The number of aromatic nitrogens is 3. The van der Waals surface area contributed by atoms with E-state index < -0.39 is 0 Å². The fraction of sp³-hybridized carbons (Fsp3) is 0.174. The SMILES string of the molecule is Cc1cc(C=Nn2c(C)nc3ccc(Br)cc3c2=O)c(C)n1Cc1ccccc1. The minimum atomic E-state index is -0.178. The normalized spacial score (nSPS) is 11.6. The maximum absolute atomic E-state index is 12.9. The van der Waals surface area contributed by atoms with Gasteiger partial charge in [-0.1, -0.05) is 46.3 Å². The number of hydrogen-bond acceptors (Lipinski definition) is 3. The summed E-state index contributed by atoms with van der Waals surface area (Å²) in [6.07, 6.45) is 1.74. The Morgan fingerprint density at radius 3 is 2.59 bits per heavy atom. The third kappa shape index (κ3) is 3.80. The smallest absolute Gasteiger partial charge is 0.282 e. The molecular formula is C23H21BrN4O. The molecule has 4 rings (SSSR count). The Kier molecular flexibility index (Phi) is 5.20. The van der Waals surface area contributed by atoms with Gasteiger partial charge in [0.2, 0.25) is 0 Å². The highest BCUT2D eigenvalue weighted by Gasteiger charge is 2.10. The van der Waals surface area contributed by atoms with Crippen LogP contribution in [0.3, 0.4) is 0 Å². The van der Waals surface area contributed by atoms with E-state index in [1.807, 2.05) is 30.3 Å². The highest BCUT2D eigenvalue weighted by molar-refractivity contribution is 9.10. The number of aryl methyl sites for hydroxylation is 2. The zero-order valence-electron chi connectivity index (χ0n) is 16.6.